The maximum atomic E-state index is 5.43. The molecule has 0 spiro atoms. The molecule has 4 rings (SSSR count). The fourth-order valence-corrected chi connectivity index (χ4v) is 2.97. The third kappa shape index (κ3) is 4.19. The lowest BCUT2D eigenvalue weighted by atomic mass is 10.1. The summed E-state index contributed by atoms with van der Waals surface area (Å²) in [5, 5.41) is 6.64. The summed E-state index contributed by atoms with van der Waals surface area (Å²) in [6.45, 7) is 4.77. The van der Waals surface area contributed by atoms with E-state index < -0.39 is 0 Å². The first-order valence-corrected chi connectivity index (χ1v) is 9.11. The molecular formula is C20H23N3O4. The molecule has 7 heteroatoms. The minimum absolute atomic E-state index is 0.284. The van der Waals surface area contributed by atoms with Crippen molar-refractivity contribution in [3.8, 4) is 23.0 Å². The van der Waals surface area contributed by atoms with Crippen LogP contribution in [0.2, 0.25) is 0 Å². The lowest BCUT2D eigenvalue weighted by Crippen LogP contribution is -2.38. The minimum Gasteiger partial charge on any atom is -0.454 e. The van der Waals surface area contributed by atoms with Gasteiger partial charge in [-0.15, -0.1) is 0 Å². The monoisotopic (exact) mass is 369 g/mol. The molecule has 2 aliphatic heterocycles. The number of fused-ring (bicyclic) bond motifs is 2. The Labute approximate surface area is 158 Å². The second kappa shape index (κ2) is 8.07. The predicted octanol–water partition coefficient (Wildman–Crippen LogP) is 2.44. The van der Waals surface area contributed by atoms with E-state index in [1.165, 1.54) is 5.56 Å². The third-order valence-electron chi connectivity index (χ3n) is 4.34. The quantitative estimate of drug-likeness (QED) is 0.602. The molecule has 0 radical (unpaired) electrons. The van der Waals surface area contributed by atoms with Crippen LogP contribution in [0.4, 0.5) is 0 Å². The van der Waals surface area contributed by atoms with Crippen molar-refractivity contribution in [1.82, 2.24) is 10.6 Å². The van der Waals surface area contributed by atoms with E-state index >= 15 is 0 Å². The molecule has 142 valence electrons. The van der Waals surface area contributed by atoms with Crippen LogP contribution in [0.25, 0.3) is 0 Å². The van der Waals surface area contributed by atoms with Crippen LogP contribution in [0.5, 0.6) is 23.0 Å². The first-order chi connectivity index (χ1) is 13.3. The molecule has 0 amide bonds. The maximum Gasteiger partial charge on any atom is 0.231 e. The van der Waals surface area contributed by atoms with E-state index in [1.807, 2.05) is 30.3 Å². The molecule has 0 aliphatic carbocycles. The summed E-state index contributed by atoms with van der Waals surface area (Å²) >= 11 is 0. The number of benzene rings is 2. The molecular weight excluding hydrogens is 346 g/mol. The normalized spacial score (nSPS) is 14.3. The highest BCUT2D eigenvalue weighted by Gasteiger charge is 2.14. The van der Waals surface area contributed by atoms with E-state index in [2.05, 4.69) is 28.6 Å². The van der Waals surface area contributed by atoms with Crippen molar-refractivity contribution in [2.75, 3.05) is 26.7 Å². The average molecular weight is 369 g/mol. The molecule has 2 heterocycles. The van der Waals surface area contributed by atoms with Crippen LogP contribution >= 0.6 is 0 Å². The van der Waals surface area contributed by atoms with Crippen LogP contribution in [-0.4, -0.2) is 32.6 Å². The molecule has 0 bridgehead atoms. The van der Waals surface area contributed by atoms with Crippen LogP contribution < -0.4 is 29.6 Å². The number of hydrogen-bond acceptors (Lipinski definition) is 5. The molecule has 2 N–H and O–H groups in total. The predicted molar refractivity (Wildman–Crippen MR) is 102 cm³/mol. The van der Waals surface area contributed by atoms with Gasteiger partial charge in [-0.3, -0.25) is 0 Å². The van der Waals surface area contributed by atoms with Gasteiger partial charge in [0.15, 0.2) is 29.0 Å². The van der Waals surface area contributed by atoms with Crippen molar-refractivity contribution in [3.05, 3.63) is 47.5 Å². The summed E-state index contributed by atoms with van der Waals surface area (Å²) in [6.07, 6.45) is 0.866. The van der Waals surface area contributed by atoms with E-state index in [4.69, 9.17) is 18.9 Å². The Morgan fingerprint density at radius 1 is 0.852 bits per heavy atom. The molecule has 7 nitrogen and oxygen atoms in total. The fraction of sp³-hybridized carbons (Fsp3) is 0.350. The van der Waals surface area contributed by atoms with Crippen molar-refractivity contribution >= 4 is 5.96 Å². The van der Waals surface area contributed by atoms with Gasteiger partial charge >= 0.3 is 0 Å². The van der Waals surface area contributed by atoms with Crippen molar-refractivity contribution in [1.29, 1.82) is 0 Å². The SMILES string of the molecule is CCNC(=NCc1ccc2c(c1)OCO2)NCCc1ccc2c(c1)OCO2. The first-order valence-electron chi connectivity index (χ1n) is 9.11. The van der Waals surface area contributed by atoms with Gasteiger partial charge in [0.1, 0.15) is 0 Å². The minimum atomic E-state index is 0.284. The highest BCUT2D eigenvalue weighted by Crippen LogP contribution is 2.33. The molecule has 0 unspecified atom stereocenters. The Bertz CT molecular complexity index is 838. The first kappa shape index (κ1) is 17.3. The highest BCUT2D eigenvalue weighted by atomic mass is 16.7. The van der Waals surface area contributed by atoms with Gasteiger partial charge in [0.2, 0.25) is 13.6 Å². The molecule has 2 aliphatic rings. The summed E-state index contributed by atoms with van der Waals surface area (Å²) in [5.74, 6) is 3.98. The Hall–Kier alpha value is -3.09. The van der Waals surface area contributed by atoms with Gasteiger partial charge in [-0.05, 0) is 48.7 Å². The van der Waals surface area contributed by atoms with Crippen molar-refractivity contribution < 1.29 is 18.9 Å². The number of hydrogen-bond donors (Lipinski definition) is 2. The van der Waals surface area contributed by atoms with Gasteiger partial charge in [-0.2, -0.15) is 0 Å². The lowest BCUT2D eigenvalue weighted by Gasteiger charge is -2.11. The number of rotatable bonds is 6. The summed E-state index contributed by atoms with van der Waals surface area (Å²) in [4.78, 5) is 4.65. The zero-order valence-corrected chi connectivity index (χ0v) is 15.3. The summed E-state index contributed by atoms with van der Waals surface area (Å²) in [7, 11) is 0. The summed E-state index contributed by atoms with van der Waals surface area (Å²) in [5.41, 5.74) is 2.27. The topological polar surface area (TPSA) is 73.3 Å². The number of guanidine groups is 1. The molecule has 0 fully saturated rings. The molecule has 0 saturated carbocycles. The van der Waals surface area contributed by atoms with Crippen molar-refractivity contribution in [2.45, 2.75) is 19.9 Å². The van der Waals surface area contributed by atoms with Crippen molar-refractivity contribution in [3.63, 3.8) is 0 Å². The van der Waals surface area contributed by atoms with E-state index in [0.29, 0.717) is 13.3 Å². The summed E-state index contributed by atoms with van der Waals surface area (Å²) < 4.78 is 21.5. The maximum absolute atomic E-state index is 5.43. The summed E-state index contributed by atoms with van der Waals surface area (Å²) in [6, 6.07) is 11.9. The molecule has 0 saturated heterocycles. The standard InChI is InChI=1S/C20H23N3O4/c1-2-21-20(23-11-15-4-6-17-19(10-15)27-13-25-17)22-8-7-14-3-5-16-18(9-14)26-12-24-16/h3-6,9-10H,2,7-8,11-13H2,1H3,(H2,21,22,23). The Morgan fingerprint density at radius 3 is 2.19 bits per heavy atom. The average Bonchev–Trinajstić information content (AvgIpc) is 3.34. The highest BCUT2D eigenvalue weighted by molar-refractivity contribution is 5.79. The van der Waals surface area contributed by atoms with E-state index in [1.54, 1.807) is 0 Å². The molecule has 2 aromatic rings. The van der Waals surface area contributed by atoms with Gasteiger partial charge in [0, 0.05) is 13.1 Å². The fourth-order valence-electron chi connectivity index (χ4n) is 2.97. The molecule has 2 aromatic carbocycles. The van der Waals surface area contributed by atoms with E-state index in [-0.39, 0.29) is 6.79 Å². The van der Waals surface area contributed by atoms with Crippen LogP contribution in [0, 0.1) is 0 Å². The third-order valence-corrected chi connectivity index (χ3v) is 4.34. The van der Waals surface area contributed by atoms with Crippen LogP contribution in [0.1, 0.15) is 18.1 Å². The molecule has 0 aromatic heterocycles. The second-order valence-electron chi connectivity index (χ2n) is 6.25. The van der Waals surface area contributed by atoms with Crippen LogP contribution in [0.3, 0.4) is 0 Å². The second-order valence-corrected chi connectivity index (χ2v) is 6.25. The Balaban J connectivity index is 1.32. The molecule has 0 atom stereocenters. The van der Waals surface area contributed by atoms with Gasteiger partial charge < -0.3 is 29.6 Å². The van der Waals surface area contributed by atoms with Crippen LogP contribution in [-0.2, 0) is 13.0 Å². The Morgan fingerprint density at radius 2 is 1.48 bits per heavy atom. The largest absolute Gasteiger partial charge is 0.454 e. The number of nitrogens with one attached hydrogen (secondary N) is 2. The lowest BCUT2D eigenvalue weighted by molar-refractivity contribution is 0.173. The van der Waals surface area contributed by atoms with Crippen LogP contribution in [0.15, 0.2) is 41.4 Å². The Kier molecular flexibility index (Phi) is 5.18. The van der Waals surface area contributed by atoms with Crippen molar-refractivity contribution in [2.24, 2.45) is 4.99 Å². The smallest absolute Gasteiger partial charge is 0.231 e. The van der Waals surface area contributed by atoms with Gasteiger partial charge in [-0.25, -0.2) is 4.99 Å². The zero-order chi connectivity index (χ0) is 18.5. The van der Waals surface area contributed by atoms with E-state index in [0.717, 1.165) is 54.0 Å². The number of nitrogens with zero attached hydrogens (tertiary/aromatic N) is 1. The van der Waals surface area contributed by atoms with Gasteiger partial charge in [-0.1, -0.05) is 12.1 Å². The number of aliphatic imine (C=N–C) groups is 1. The molecule has 27 heavy (non-hydrogen) atoms. The zero-order valence-electron chi connectivity index (χ0n) is 15.3. The number of ether oxygens (including phenoxy) is 4. The van der Waals surface area contributed by atoms with Gasteiger partial charge in [0.25, 0.3) is 0 Å². The van der Waals surface area contributed by atoms with E-state index in [9.17, 15) is 0 Å². The van der Waals surface area contributed by atoms with Gasteiger partial charge in [0.05, 0.1) is 6.54 Å².